The van der Waals surface area contributed by atoms with Crippen molar-refractivity contribution in [1.29, 1.82) is 0 Å². The van der Waals surface area contributed by atoms with Crippen molar-refractivity contribution in [3.05, 3.63) is 35.4 Å². The second-order valence-electron chi connectivity index (χ2n) is 8.07. The van der Waals surface area contributed by atoms with Crippen molar-refractivity contribution in [2.75, 3.05) is 31.6 Å². The Bertz CT molecular complexity index is 623. The number of likely N-dealkylation sites (N-methyl/N-ethyl adjacent to an activating group) is 1. The fraction of sp³-hybridized carbons (Fsp3) is 0.667. The molecule has 0 bridgehead atoms. The van der Waals surface area contributed by atoms with E-state index in [0.29, 0.717) is 6.04 Å². The highest BCUT2D eigenvalue weighted by Gasteiger charge is 2.32. The van der Waals surface area contributed by atoms with E-state index >= 15 is 0 Å². The van der Waals surface area contributed by atoms with Crippen molar-refractivity contribution in [1.82, 2.24) is 15.1 Å². The first-order chi connectivity index (χ1) is 12.7. The molecule has 1 aromatic carbocycles. The molecule has 3 aliphatic rings. The van der Waals surface area contributed by atoms with Crippen LogP contribution in [0.4, 0.5) is 0 Å². The molecule has 1 aromatic rings. The standard InChI is InChI=1S/C21H31N3OS/c1-23-15-17-5-3-2-4-16(17)14-20(23)21(25)22-18-6-10-24(11-7-18)19-8-12-26-13-9-19/h2-5,18-20H,6-15H2,1H3,(H,22,25). The topological polar surface area (TPSA) is 35.6 Å². The number of rotatable bonds is 3. The van der Waals surface area contributed by atoms with Crippen LogP contribution in [0.25, 0.3) is 0 Å². The lowest BCUT2D eigenvalue weighted by Gasteiger charge is -2.40. The second kappa shape index (κ2) is 8.32. The van der Waals surface area contributed by atoms with Crippen molar-refractivity contribution in [2.45, 2.75) is 56.8 Å². The molecule has 0 spiro atoms. The van der Waals surface area contributed by atoms with E-state index in [1.54, 1.807) is 0 Å². The predicted molar refractivity (Wildman–Crippen MR) is 108 cm³/mol. The van der Waals surface area contributed by atoms with Gasteiger partial charge in [0, 0.05) is 31.7 Å². The smallest absolute Gasteiger partial charge is 0.237 e. The molecular weight excluding hydrogens is 342 g/mol. The number of amides is 1. The summed E-state index contributed by atoms with van der Waals surface area (Å²) in [7, 11) is 2.07. The average Bonchev–Trinajstić information content (AvgIpc) is 2.68. The molecule has 0 radical (unpaired) electrons. The molecule has 3 heterocycles. The molecule has 1 amide bonds. The van der Waals surface area contributed by atoms with E-state index in [2.05, 4.69) is 58.2 Å². The third kappa shape index (κ3) is 4.10. The summed E-state index contributed by atoms with van der Waals surface area (Å²) in [6, 6.07) is 9.63. The number of fused-ring (bicyclic) bond motifs is 1. The van der Waals surface area contributed by atoms with Crippen molar-refractivity contribution in [3.63, 3.8) is 0 Å². The van der Waals surface area contributed by atoms with E-state index in [-0.39, 0.29) is 11.9 Å². The SMILES string of the molecule is CN1Cc2ccccc2CC1C(=O)NC1CCN(C2CCSCC2)CC1. The van der Waals surface area contributed by atoms with Crippen LogP contribution in [0.5, 0.6) is 0 Å². The molecule has 0 aromatic heterocycles. The maximum Gasteiger partial charge on any atom is 0.237 e. The molecule has 26 heavy (non-hydrogen) atoms. The normalized spacial score (nSPS) is 26.4. The number of carbonyl (C=O) groups is 1. The maximum absolute atomic E-state index is 12.9. The summed E-state index contributed by atoms with van der Waals surface area (Å²) < 4.78 is 0. The van der Waals surface area contributed by atoms with Gasteiger partial charge in [0.15, 0.2) is 0 Å². The maximum atomic E-state index is 12.9. The zero-order valence-corrected chi connectivity index (χ0v) is 16.6. The van der Waals surface area contributed by atoms with E-state index in [1.165, 1.54) is 35.5 Å². The van der Waals surface area contributed by atoms with Crippen LogP contribution in [-0.4, -0.2) is 65.5 Å². The number of likely N-dealkylation sites (tertiary alicyclic amines) is 1. The third-order valence-electron chi connectivity index (χ3n) is 6.37. The van der Waals surface area contributed by atoms with Gasteiger partial charge in [-0.15, -0.1) is 0 Å². The van der Waals surface area contributed by atoms with Crippen molar-refractivity contribution >= 4 is 17.7 Å². The van der Waals surface area contributed by atoms with E-state index in [0.717, 1.165) is 44.9 Å². The summed E-state index contributed by atoms with van der Waals surface area (Å²) in [5.74, 6) is 2.85. The Labute approximate surface area is 161 Å². The number of benzene rings is 1. The third-order valence-corrected chi connectivity index (χ3v) is 7.42. The first-order valence-corrected chi connectivity index (χ1v) is 11.3. The van der Waals surface area contributed by atoms with Crippen LogP contribution in [0.1, 0.15) is 36.8 Å². The fourth-order valence-electron chi connectivity index (χ4n) is 4.70. The highest BCUT2D eigenvalue weighted by Crippen LogP contribution is 2.25. The zero-order chi connectivity index (χ0) is 17.9. The van der Waals surface area contributed by atoms with E-state index in [4.69, 9.17) is 0 Å². The van der Waals surface area contributed by atoms with Gasteiger partial charge in [0.1, 0.15) is 0 Å². The number of piperidine rings is 1. The Morgan fingerprint density at radius 3 is 2.50 bits per heavy atom. The van der Waals surface area contributed by atoms with E-state index in [9.17, 15) is 4.79 Å². The van der Waals surface area contributed by atoms with Crippen LogP contribution in [-0.2, 0) is 17.8 Å². The second-order valence-corrected chi connectivity index (χ2v) is 9.29. The number of nitrogens with zero attached hydrogens (tertiary/aromatic N) is 2. The number of carbonyl (C=O) groups excluding carboxylic acids is 1. The lowest BCUT2D eigenvalue weighted by Crippen LogP contribution is -2.54. The van der Waals surface area contributed by atoms with Gasteiger partial charge in [0.2, 0.25) is 5.91 Å². The fourth-order valence-corrected chi connectivity index (χ4v) is 5.78. The summed E-state index contributed by atoms with van der Waals surface area (Å²) in [5.41, 5.74) is 2.69. The minimum absolute atomic E-state index is 0.0294. The molecule has 5 heteroatoms. The Balaban J connectivity index is 1.29. The van der Waals surface area contributed by atoms with Crippen LogP contribution in [0.3, 0.4) is 0 Å². The molecule has 3 aliphatic heterocycles. The van der Waals surface area contributed by atoms with Crippen LogP contribution < -0.4 is 5.32 Å². The highest BCUT2D eigenvalue weighted by atomic mass is 32.2. The largest absolute Gasteiger partial charge is 0.352 e. The minimum atomic E-state index is -0.0294. The molecule has 0 saturated carbocycles. The van der Waals surface area contributed by atoms with Crippen LogP contribution in [0.15, 0.2) is 24.3 Å². The van der Waals surface area contributed by atoms with E-state index < -0.39 is 0 Å². The summed E-state index contributed by atoms with van der Waals surface area (Å²) in [5, 5.41) is 3.36. The number of thioether (sulfide) groups is 1. The van der Waals surface area contributed by atoms with Gasteiger partial charge in [-0.2, -0.15) is 11.8 Å². The number of hydrogen-bond donors (Lipinski definition) is 1. The Morgan fingerprint density at radius 1 is 1.08 bits per heavy atom. The lowest BCUT2D eigenvalue weighted by molar-refractivity contribution is -0.127. The number of hydrogen-bond acceptors (Lipinski definition) is 4. The predicted octanol–water partition coefficient (Wildman–Crippen LogP) is 2.52. The van der Waals surface area contributed by atoms with Gasteiger partial charge >= 0.3 is 0 Å². The van der Waals surface area contributed by atoms with Crippen LogP contribution >= 0.6 is 11.8 Å². The molecule has 1 atom stereocenters. The van der Waals surface area contributed by atoms with Gasteiger partial charge < -0.3 is 10.2 Å². The van der Waals surface area contributed by atoms with Gasteiger partial charge in [-0.05, 0) is 61.8 Å². The monoisotopic (exact) mass is 373 g/mol. The quantitative estimate of drug-likeness (QED) is 0.883. The van der Waals surface area contributed by atoms with Gasteiger partial charge in [-0.1, -0.05) is 24.3 Å². The molecule has 2 saturated heterocycles. The first kappa shape index (κ1) is 18.3. The Kier molecular flexibility index (Phi) is 5.87. The van der Waals surface area contributed by atoms with Crippen molar-refractivity contribution in [2.24, 2.45) is 0 Å². The summed E-state index contributed by atoms with van der Waals surface area (Å²) in [4.78, 5) is 17.8. The molecule has 0 aliphatic carbocycles. The van der Waals surface area contributed by atoms with Crippen molar-refractivity contribution < 1.29 is 4.79 Å². The zero-order valence-electron chi connectivity index (χ0n) is 15.8. The highest BCUT2D eigenvalue weighted by molar-refractivity contribution is 7.99. The van der Waals surface area contributed by atoms with Gasteiger partial charge in [-0.25, -0.2) is 0 Å². The first-order valence-electron chi connectivity index (χ1n) is 10.1. The van der Waals surface area contributed by atoms with E-state index in [1.807, 2.05) is 0 Å². The minimum Gasteiger partial charge on any atom is -0.352 e. The summed E-state index contributed by atoms with van der Waals surface area (Å²) in [6.45, 7) is 3.15. The molecule has 4 rings (SSSR count). The lowest BCUT2D eigenvalue weighted by atomic mass is 9.93. The molecule has 1 unspecified atom stereocenters. The van der Waals surface area contributed by atoms with Crippen molar-refractivity contribution in [3.8, 4) is 0 Å². The molecule has 1 N–H and O–H groups in total. The Morgan fingerprint density at radius 2 is 1.77 bits per heavy atom. The average molecular weight is 374 g/mol. The van der Waals surface area contributed by atoms with Crippen LogP contribution in [0.2, 0.25) is 0 Å². The summed E-state index contributed by atoms with van der Waals surface area (Å²) in [6.07, 6.45) is 5.71. The molecule has 2 fully saturated rings. The van der Waals surface area contributed by atoms with Gasteiger partial charge in [0.25, 0.3) is 0 Å². The molecular formula is C21H31N3OS. The molecule has 4 nitrogen and oxygen atoms in total. The summed E-state index contributed by atoms with van der Waals surface area (Å²) >= 11 is 2.09. The van der Waals surface area contributed by atoms with Crippen LogP contribution in [0, 0.1) is 0 Å². The van der Waals surface area contributed by atoms with Gasteiger partial charge in [0.05, 0.1) is 6.04 Å². The number of nitrogens with one attached hydrogen (secondary N) is 1. The van der Waals surface area contributed by atoms with Gasteiger partial charge in [-0.3, -0.25) is 9.69 Å². The Hall–Kier alpha value is -1.04. The molecule has 142 valence electrons.